The molecule has 6 nitrogen and oxygen atoms in total. The predicted octanol–water partition coefficient (Wildman–Crippen LogP) is 0.814. The van der Waals surface area contributed by atoms with Crippen molar-refractivity contribution in [2.75, 3.05) is 13.7 Å². The summed E-state index contributed by atoms with van der Waals surface area (Å²) in [5.41, 5.74) is 7.87. The molecule has 104 valence electrons. The second-order valence-electron chi connectivity index (χ2n) is 3.75. The average Bonchev–Trinajstić information content (AvgIpc) is 2.36. The van der Waals surface area contributed by atoms with E-state index in [0.717, 1.165) is 5.56 Å². The van der Waals surface area contributed by atoms with Crippen molar-refractivity contribution >= 4 is 23.4 Å². The normalized spacial score (nSPS) is 10.0. The van der Waals surface area contributed by atoms with Crippen molar-refractivity contribution in [3.05, 3.63) is 28.8 Å². The van der Waals surface area contributed by atoms with E-state index in [2.05, 4.69) is 10.3 Å². The number of methoxy groups -OCH3 is 1. The molecule has 0 saturated carbocycles. The number of carbonyl (C=O) groups excluding carboxylic acids is 2. The van der Waals surface area contributed by atoms with E-state index in [1.54, 1.807) is 12.1 Å². The van der Waals surface area contributed by atoms with Gasteiger partial charge in [-0.3, -0.25) is 14.4 Å². The number of benzene rings is 1. The molecule has 0 atom stereocenters. The third-order valence-electron chi connectivity index (χ3n) is 2.26. The van der Waals surface area contributed by atoms with Crippen molar-refractivity contribution in [3.63, 3.8) is 0 Å². The summed E-state index contributed by atoms with van der Waals surface area (Å²) in [7, 11) is 1.53. The number of ether oxygens (including phenoxy) is 1. The van der Waals surface area contributed by atoms with E-state index in [4.69, 9.17) is 22.1 Å². The number of halogens is 1. The lowest BCUT2D eigenvalue weighted by molar-refractivity contribution is -0.137. The SMILES string of the molecule is COc1ccc(CCC(=O)NOCC(N)=O)cc1Cl. The van der Waals surface area contributed by atoms with E-state index in [1.807, 2.05) is 6.07 Å². The van der Waals surface area contributed by atoms with Crippen molar-refractivity contribution in [2.45, 2.75) is 12.8 Å². The molecule has 1 aromatic rings. The second kappa shape index (κ2) is 7.60. The van der Waals surface area contributed by atoms with E-state index < -0.39 is 5.91 Å². The van der Waals surface area contributed by atoms with Crippen LogP contribution in [0.25, 0.3) is 0 Å². The Morgan fingerprint density at radius 2 is 2.16 bits per heavy atom. The minimum Gasteiger partial charge on any atom is -0.495 e. The van der Waals surface area contributed by atoms with Gasteiger partial charge in [0.1, 0.15) is 5.75 Å². The Morgan fingerprint density at radius 3 is 2.74 bits per heavy atom. The zero-order valence-electron chi connectivity index (χ0n) is 10.4. The fourth-order valence-electron chi connectivity index (χ4n) is 1.36. The van der Waals surface area contributed by atoms with Gasteiger partial charge in [0.25, 0.3) is 0 Å². The first kappa shape index (κ1) is 15.3. The molecule has 0 heterocycles. The lowest BCUT2D eigenvalue weighted by atomic mass is 10.1. The van der Waals surface area contributed by atoms with Crippen LogP contribution in [0.4, 0.5) is 0 Å². The molecular formula is C12H15ClN2O4. The predicted molar refractivity (Wildman–Crippen MR) is 69.6 cm³/mol. The van der Waals surface area contributed by atoms with Crippen LogP contribution in [0.15, 0.2) is 18.2 Å². The van der Waals surface area contributed by atoms with Crippen molar-refractivity contribution in [2.24, 2.45) is 5.73 Å². The lowest BCUT2D eigenvalue weighted by Gasteiger charge is -2.06. The van der Waals surface area contributed by atoms with Gasteiger partial charge < -0.3 is 10.5 Å². The molecule has 0 aliphatic heterocycles. The number of hydroxylamine groups is 1. The first-order chi connectivity index (χ1) is 9.02. The summed E-state index contributed by atoms with van der Waals surface area (Å²) < 4.78 is 5.03. The number of aryl methyl sites for hydroxylation is 1. The Bertz CT molecular complexity index is 465. The van der Waals surface area contributed by atoms with Crippen molar-refractivity contribution < 1.29 is 19.2 Å². The van der Waals surface area contributed by atoms with Crippen molar-refractivity contribution in [1.29, 1.82) is 0 Å². The standard InChI is InChI=1S/C12H15ClN2O4/c1-18-10-4-2-8(6-9(10)13)3-5-12(17)15-19-7-11(14)16/h2,4,6H,3,5,7H2,1H3,(H2,14,16)(H,15,17). The zero-order chi connectivity index (χ0) is 14.3. The highest BCUT2D eigenvalue weighted by molar-refractivity contribution is 6.32. The third-order valence-corrected chi connectivity index (χ3v) is 2.55. The van der Waals surface area contributed by atoms with Gasteiger partial charge in [0, 0.05) is 6.42 Å². The van der Waals surface area contributed by atoms with Gasteiger partial charge in [-0.25, -0.2) is 5.48 Å². The molecule has 1 rings (SSSR count). The van der Waals surface area contributed by atoms with E-state index in [9.17, 15) is 9.59 Å². The van der Waals surface area contributed by atoms with Gasteiger partial charge in [0.2, 0.25) is 11.8 Å². The quantitative estimate of drug-likeness (QED) is 0.726. The van der Waals surface area contributed by atoms with Crippen LogP contribution in [-0.4, -0.2) is 25.5 Å². The van der Waals surface area contributed by atoms with Gasteiger partial charge in [-0.1, -0.05) is 17.7 Å². The largest absolute Gasteiger partial charge is 0.495 e. The molecule has 2 amide bonds. The first-order valence-corrected chi connectivity index (χ1v) is 5.92. The highest BCUT2D eigenvalue weighted by atomic mass is 35.5. The summed E-state index contributed by atoms with van der Waals surface area (Å²) in [5, 5.41) is 0.491. The molecule has 3 N–H and O–H groups in total. The summed E-state index contributed by atoms with van der Waals surface area (Å²) in [6.45, 7) is -0.347. The van der Waals surface area contributed by atoms with Gasteiger partial charge >= 0.3 is 0 Å². The molecule has 1 aromatic carbocycles. The second-order valence-corrected chi connectivity index (χ2v) is 4.16. The number of hydrogen-bond acceptors (Lipinski definition) is 4. The first-order valence-electron chi connectivity index (χ1n) is 5.54. The van der Waals surface area contributed by atoms with Crippen molar-refractivity contribution in [3.8, 4) is 5.75 Å². The van der Waals surface area contributed by atoms with Crippen molar-refractivity contribution in [1.82, 2.24) is 5.48 Å². The van der Waals surface area contributed by atoms with Gasteiger partial charge in [-0.15, -0.1) is 0 Å². The van der Waals surface area contributed by atoms with Crippen LogP contribution in [0.5, 0.6) is 5.75 Å². The molecule has 0 radical (unpaired) electrons. The van der Waals surface area contributed by atoms with Crippen LogP contribution in [0.2, 0.25) is 5.02 Å². The monoisotopic (exact) mass is 286 g/mol. The molecule has 0 saturated heterocycles. The van der Waals surface area contributed by atoms with Gasteiger partial charge in [-0.2, -0.15) is 0 Å². The van der Waals surface area contributed by atoms with Crippen LogP contribution in [0, 0.1) is 0 Å². The fraction of sp³-hybridized carbons (Fsp3) is 0.333. The number of nitrogens with one attached hydrogen (secondary N) is 1. The molecule has 7 heteroatoms. The molecule has 0 spiro atoms. The third kappa shape index (κ3) is 5.58. The van der Waals surface area contributed by atoms with Crippen LogP contribution < -0.4 is 16.0 Å². The number of nitrogens with two attached hydrogens (primary N) is 1. The Morgan fingerprint density at radius 1 is 1.42 bits per heavy atom. The smallest absolute Gasteiger partial charge is 0.246 e. The molecule has 0 aliphatic rings. The average molecular weight is 287 g/mol. The number of hydrogen-bond donors (Lipinski definition) is 2. The fourth-order valence-corrected chi connectivity index (χ4v) is 1.64. The summed E-state index contributed by atoms with van der Waals surface area (Å²) >= 11 is 5.96. The van der Waals surface area contributed by atoms with Gasteiger partial charge in [0.15, 0.2) is 6.61 Å². The van der Waals surface area contributed by atoms with E-state index in [1.165, 1.54) is 7.11 Å². The Kier molecular flexibility index (Phi) is 6.11. The summed E-state index contributed by atoms with van der Waals surface area (Å²) in [6.07, 6.45) is 0.705. The maximum Gasteiger partial charge on any atom is 0.246 e. The highest BCUT2D eigenvalue weighted by Crippen LogP contribution is 2.25. The number of rotatable bonds is 7. The molecule has 0 bridgehead atoms. The number of primary amides is 1. The maximum absolute atomic E-state index is 11.4. The molecule has 19 heavy (non-hydrogen) atoms. The number of carbonyl (C=O) groups is 2. The highest BCUT2D eigenvalue weighted by Gasteiger charge is 2.06. The maximum atomic E-state index is 11.4. The minimum atomic E-state index is -0.651. The Balaban J connectivity index is 2.37. The lowest BCUT2D eigenvalue weighted by Crippen LogP contribution is -2.29. The summed E-state index contributed by atoms with van der Waals surface area (Å²) in [5.74, 6) is -0.407. The summed E-state index contributed by atoms with van der Waals surface area (Å²) in [6, 6.07) is 5.29. The Hall–Kier alpha value is -1.79. The number of amides is 2. The molecule has 0 aromatic heterocycles. The van der Waals surface area contributed by atoms with E-state index in [0.29, 0.717) is 17.2 Å². The molecule has 0 aliphatic carbocycles. The van der Waals surface area contributed by atoms with Crippen LogP contribution >= 0.6 is 11.6 Å². The van der Waals surface area contributed by atoms with Crippen LogP contribution in [0.1, 0.15) is 12.0 Å². The van der Waals surface area contributed by atoms with Gasteiger partial charge in [-0.05, 0) is 24.1 Å². The van der Waals surface area contributed by atoms with Gasteiger partial charge in [0.05, 0.1) is 12.1 Å². The van der Waals surface area contributed by atoms with E-state index in [-0.39, 0.29) is 18.9 Å². The van der Waals surface area contributed by atoms with Crippen LogP contribution in [0.3, 0.4) is 0 Å². The zero-order valence-corrected chi connectivity index (χ0v) is 11.2. The molecule has 0 fully saturated rings. The molecular weight excluding hydrogens is 272 g/mol. The topological polar surface area (TPSA) is 90.7 Å². The summed E-state index contributed by atoms with van der Waals surface area (Å²) in [4.78, 5) is 26.3. The molecule has 0 unspecified atom stereocenters. The Labute approximate surface area is 115 Å². The minimum absolute atomic E-state index is 0.210. The van der Waals surface area contributed by atoms with E-state index >= 15 is 0 Å². The van der Waals surface area contributed by atoms with Crippen LogP contribution in [-0.2, 0) is 20.8 Å².